The third-order valence-electron chi connectivity index (χ3n) is 6.45. The Balaban J connectivity index is 1.35. The molecule has 1 fully saturated rings. The van der Waals surface area contributed by atoms with Crippen LogP contribution in [0.3, 0.4) is 0 Å². The minimum Gasteiger partial charge on any atom is -0.495 e. The highest BCUT2D eigenvalue weighted by molar-refractivity contribution is 7.92. The molecule has 42 heavy (non-hydrogen) atoms. The second kappa shape index (κ2) is 14.5. The van der Waals surface area contributed by atoms with Crippen molar-refractivity contribution in [3.8, 4) is 11.5 Å². The standard InChI is InChI=1S/C30H34N4O7S/c1-22-9-15-26(16-10-22)42(37,38)34(27-7-3-4-8-28(27)39-2)20-29(35)33-32-18-23-11-13-24(14-12-23)41-21-30(36)31-19-25-6-5-17-40-25/h3-4,7-16,18,25H,5-6,17,19-21H2,1-2H3,(H,31,36)(H,33,35)/b32-18+. The van der Waals surface area contributed by atoms with Crippen LogP contribution in [0.1, 0.15) is 24.0 Å². The number of carbonyl (C=O) groups is 2. The van der Waals surface area contributed by atoms with Gasteiger partial charge in [-0.15, -0.1) is 0 Å². The third kappa shape index (κ3) is 8.30. The summed E-state index contributed by atoms with van der Waals surface area (Å²) in [5.74, 6) is -0.0865. The first-order valence-electron chi connectivity index (χ1n) is 13.4. The molecule has 1 unspecified atom stereocenters. The van der Waals surface area contributed by atoms with Gasteiger partial charge in [0.05, 0.1) is 30.0 Å². The molecule has 2 amide bonds. The summed E-state index contributed by atoms with van der Waals surface area (Å²) in [6.45, 7) is 2.40. The second-order valence-corrected chi connectivity index (χ2v) is 11.4. The highest BCUT2D eigenvalue weighted by atomic mass is 32.2. The normalized spacial score (nSPS) is 14.9. The Labute approximate surface area is 245 Å². The van der Waals surface area contributed by atoms with E-state index in [4.69, 9.17) is 14.2 Å². The maximum absolute atomic E-state index is 13.6. The van der Waals surface area contributed by atoms with Crippen LogP contribution in [0, 0.1) is 6.92 Å². The van der Waals surface area contributed by atoms with E-state index in [0.29, 0.717) is 23.6 Å². The molecule has 0 bridgehead atoms. The van der Waals surface area contributed by atoms with E-state index in [2.05, 4.69) is 15.8 Å². The number of hydrogen-bond acceptors (Lipinski definition) is 8. The van der Waals surface area contributed by atoms with E-state index in [0.717, 1.165) is 29.3 Å². The average Bonchev–Trinajstić information content (AvgIpc) is 3.52. The summed E-state index contributed by atoms with van der Waals surface area (Å²) in [5, 5.41) is 6.77. The fourth-order valence-electron chi connectivity index (χ4n) is 4.20. The Morgan fingerprint density at radius 2 is 1.79 bits per heavy atom. The van der Waals surface area contributed by atoms with Crippen molar-refractivity contribution in [2.24, 2.45) is 5.10 Å². The average molecular weight is 595 g/mol. The molecule has 3 aromatic carbocycles. The Morgan fingerprint density at radius 1 is 1.05 bits per heavy atom. The number of amides is 2. The fraction of sp³-hybridized carbons (Fsp3) is 0.300. The zero-order valence-corrected chi connectivity index (χ0v) is 24.3. The SMILES string of the molecule is COc1ccccc1N(CC(=O)N/N=C/c1ccc(OCC(=O)NCC2CCCO2)cc1)S(=O)(=O)c1ccc(C)cc1. The quantitative estimate of drug-likeness (QED) is 0.229. The van der Waals surface area contributed by atoms with E-state index in [1.165, 1.54) is 25.5 Å². The van der Waals surface area contributed by atoms with Gasteiger partial charge in [0.25, 0.3) is 21.8 Å². The van der Waals surface area contributed by atoms with E-state index in [9.17, 15) is 18.0 Å². The molecular weight excluding hydrogens is 560 g/mol. The predicted octanol–water partition coefficient (Wildman–Crippen LogP) is 3.02. The molecule has 1 atom stereocenters. The third-order valence-corrected chi connectivity index (χ3v) is 8.23. The van der Waals surface area contributed by atoms with Crippen molar-refractivity contribution in [2.75, 3.05) is 37.7 Å². The molecule has 2 N–H and O–H groups in total. The van der Waals surface area contributed by atoms with Crippen LogP contribution in [0.4, 0.5) is 5.69 Å². The summed E-state index contributed by atoms with van der Waals surface area (Å²) in [7, 11) is -2.68. The molecule has 1 heterocycles. The molecule has 1 saturated heterocycles. The smallest absolute Gasteiger partial charge is 0.264 e. The number of sulfonamides is 1. The lowest BCUT2D eigenvalue weighted by atomic mass is 10.2. The van der Waals surface area contributed by atoms with Gasteiger partial charge in [-0.1, -0.05) is 29.8 Å². The first-order chi connectivity index (χ1) is 20.3. The van der Waals surface area contributed by atoms with E-state index in [-0.39, 0.29) is 29.2 Å². The Bertz CT molecular complexity index is 1490. The molecule has 1 aliphatic heterocycles. The Hall–Kier alpha value is -4.42. The zero-order chi connectivity index (χ0) is 30.0. The highest BCUT2D eigenvalue weighted by Gasteiger charge is 2.29. The van der Waals surface area contributed by atoms with Crippen molar-refractivity contribution >= 4 is 33.7 Å². The van der Waals surface area contributed by atoms with Gasteiger partial charge in [0.2, 0.25) is 0 Å². The van der Waals surface area contributed by atoms with Crippen molar-refractivity contribution in [3.63, 3.8) is 0 Å². The van der Waals surface area contributed by atoms with Gasteiger partial charge in [-0.2, -0.15) is 5.10 Å². The number of nitrogens with one attached hydrogen (secondary N) is 2. The zero-order valence-electron chi connectivity index (χ0n) is 23.5. The first kappa shape index (κ1) is 30.5. The summed E-state index contributed by atoms with van der Waals surface area (Å²) in [5.41, 5.74) is 4.16. The molecule has 0 aliphatic carbocycles. The van der Waals surface area contributed by atoms with Crippen LogP contribution in [0.5, 0.6) is 11.5 Å². The molecule has 222 valence electrons. The summed E-state index contributed by atoms with van der Waals surface area (Å²) >= 11 is 0. The van der Waals surface area contributed by atoms with Gasteiger partial charge in [-0.25, -0.2) is 13.8 Å². The van der Waals surface area contributed by atoms with Gasteiger partial charge < -0.3 is 19.5 Å². The molecule has 12 heteroatoms. The van der Waals surface area contributed by atoms with Crippen LogP contribution < -0.4 is 24.5 Å². The lowest BCUT2D eigenvalue weighted by Crippen LogP contribution is -2.39. The van der Waals surface area contributed by atoms with Gasteiger partial charge in [0.15, 0.2) is 6.61 Å². The minimum atomic E-state index is -4.11. The molecule has 4 rings (SSSR count). The molecule has 0 saturated carbocycles. The molecule has 0 aromatic heterocycles. The molecule has 3 aromatic rings. The predicted molar refractivity (Wildman–Crippen MR) is 158 cm³/mol. The number of para-hydroxylation sites is 2. The Morgan fingerprint density at radius 3 is 2.48 bits per heavy atom. The van der Waals surface area contributed by atoms with Crippen LogP contribution in [0.25, 0.3) is 0 Å². The number of anilines is 1. The highest BCUT2D eigenvalue weighted by Crippen LogP contribution is 2.32. The van der Waals surface area contributed by atoms with Gasteiger partial charge in [0.1, 0.15) is 18.0 Å². The van der Waals surface area contributed by atoms with Crippen molar-refractivity contribution in [3.05, 3.63) is 83.9 Å². The topological polar surface area (TPSA) is 136 Å². The Kier molecular flexibility index (Phi) is 10.5. The number of carbonyl (C=O) groups excluding carboxylic acids is 2. The summed E-state index contributed by atoms with van der Waals surface area (Å²) in [6.07, 6.45) is 3.43. The second-order valence-electron chi connectivity index (χ2n) is 9.59. The number of hydrogen-bond donors (Lipinski definition) is 2. The largest absolute Gasteiger partial charge is 0.495 e. The van der Waals surface area contributed by atoms with Gasteiger partial charge >= 0.3 is 0 Å². The van der Waals surface area contributed by atoms with Crippen molar-refractivity contribution in [2.45, 2.75) is 30.8 Å². The number of methoxy groups -OCH3 is 1. The maximum Gasteiger partial charge on any atom is 0.264 e. The number of aryl methyl sites for hydroxylation is 1. The van der Waals surface area contributed by atoms with E-state index >= 15 is 0 Å². The maximum atomic E-state index is 13.6. The van der Waals surface area contributed by atoms with Gasteiger partial charge in [0, 0.05) is 13.2 Å². The number of ether oxygens (including phenoxy) is 3. The van der Waals surface area contributed by atoms with Crippen LogP contribution in [-0.4, -0.2) is 66.0 Å². The summed E-state index contributed by atoms with van der Waals surface area (Å²) in [6, 6.07) is 19.7. The van der Waals surface area contributed by atoms with E-state index in [1.54, 1.807) is 60.7 Å². The molecule has 0 radical (unpaired) electrons. The monoisotopic (exact) mass is 594 g/mol. The first-order valence-corrected chi connectivity index (χ1v) is 14.9. The molecular formula is C30H34N4O7S. The summed E-state index contributed by atoms with van der Waals surface area (Å²) < 4.78 is 44.5. The summed E-state index contributed by atoms with van der Waals surface area (Å²) in [4.78, 5) is 24.9. The van der Waals surface area contributed by atoms with Crippen LogP contribution >= 0.6 is 0 Å². The fourth-order valence-corrected chi connectivity index (χ4v) is 5.63. The molecule has 0 spiro atoms. The number of rotatable bonds is 13. The van der Waals surface area contributed by atoms with Crippen molar-refractivity contribution < 1.29 is 32.2 Å². The van der Waals surface area contributed by atoms with Crippen LogP contribution in [0.2, 0.25) is 0 Å². The van der Waals surface area contributed by atoms with E-state index in [1.807, 2.05) is 6.92 Å². The molecule has 1 aliphatic rings. The lowest BCUT2D eigenvalue weighted by molar-refractivity contribution is -0.123. The molecule has 11 nitrogen and oxygen atoms in total. The van der Waals surface area contributed by atoms with Crippen LogP contribution in [-0.2, 0) is 24.3 Å². The number of benzene rings is 3. The van der Waals surface area contributed by atoms with Crippen molar-refractivity contribution in [1.82, 2.24) is 10.7 Å². The number of hydrazone groups is 1. The van der Waals surface area contributed by atoms with Crippen LogP contribution in [0.15, 0.2) is 82.8 Å². The van der Waals surface area contributed by atoms with Crippen molar-refractivity contribution in [1.29, 1.82) is 0 Å². The lowest BCUT2D eigenvalue weighted by Gasteiger charge is -2.25. The minimum absolute atomic E-state index is 0.0397. The van der Waals surface area contributed by atoms with Gasteiger partial charge in [-0.3, -0.25) is 13.9 Å². The van der Waals surface area contributed by atoms with Gasteiger partial charge in [-0.05, 0) is 73.9 Å². The van der Waals surface area contributed by atoms with E-state index < -0.39 is 22.5 Å². The number of nitrogens with zero attached hydrogens (tertiary/aromatic N) is 2.